The molecule has 0 aliphatic carbocycles. The summed E-state index contributed by atoms with van der Waals surface area (Å²) in [7, 11) is -1.23. The summed E-state index contributed by atoms with van der Waals surface area (Å²) < 4.78 is 0. The van der Waals surface area contributed by atoms with Crippen molar-refractivity contribution in [3.05, 3.63) is 42.0 Å². The van der Waals surface area contributed by atoms with Crippen LogP contribution in [0.5, 0.6) is 0 Å². The average molecular weight is 214 g/mol. The molecule has 0 atom stereocenters. The van der Waals surface area contributed by atoms with E-state index in [1.807, 2.05) is 12.1 Å². The fourth-order valence-electron chi connectivity index (χ4n) is 1.15. The predicted octanol–water partition coefficient (Wildman–Crippen LogP) is 3.97. The minimum absolute atomic E-state index is 1.23. The van der Waals surface area contributed by atoms with Crippen LogP contribution < -0.4 is 0 Å². The van der Waals surface area contributed by atoms with Crippen LogP contribution in [-0.4, -0.2) is 8.07 Å². The van der Waals surface area contributed by atoms with Gasteiger partial charge in [0.1, 0.15) is 8.07 Å². The standard InChI is InChI=1S/C14H18Si/c1-13(9-8-12-15(2,3)4)14-10-6-5-7-11-14/h5-7,9-11H,1-4H3/b13-9+. The monoisotopic (exact) mass is 214 g/mol. The van der Waals surface area contributed by atoms with Crippen molar-refractivity contribution < 1.29 is 0 Å². The first kappa shape index (κ1) is 11.8. The SMILES string of the molecule is C/C(=C\C#C[Si](C)(C)C)c1ccccc1. The summed E-state index contributed by atoms with van der Waals surface area (Å²) in [5.41, 5.74) is 5.82. The fourth-order valence-corrected chi connectivity index (χ4v) is 1.65. The molecule has 1 aromatic rings. The molecule has 0 fully saturated rings. The van der Waals surface area contributed by atoms with E-state index in [9.17, 15) is 0 Å². The van der Waals surface area contributed by atoms with Gasteiger partial charge in [-0.25, -0.2) is 0 Å². The van der Waals surface area contributed by atoms with Crippen molar-refractivity contribution in [2.75, 3.05) is 0 Å². The summed E-state index contributed by atoms with van der Waals surface area (Å²) >= 11 is 0. The third-order valence-electron chi connectivity index (χ3n) is 1.96. The maximum Gasteiger partial charge on any atom is 0.129 e. The van der Waals surface area contributed by atoms with Gasteiger partial charge in [0.25, 0.3) is 0 Å². The van der Waals surface area contributed by atoms with E-state index in [0.29, 0.717) is 0 Å². The largest absolute Gasteiger partial charge is 0.129 e. The Labute approximate surface area is 94.0 Å². The molecule has 0 bridgehead atoms. The highest BCUT2D eigenvalue weighted by atomic mass is 28.3. The highest BCUT2D eigenvalue weighted by Crippen LogP contribution is 2.11. The van der Waals surface area contributed by atoms with Crippen molar-refractivity contribution in [2.24, 2.45) is 0 Å². The average Bonchev–Trinajstić information content (AvgIpc) is 2.17. The van der Waals surface area contributed by atoms with E-state index in [4.69, 9.17) is 0 Å². The van der Waals surface area contributed by atoms with Gasteiger partial charge in [-0.2, -0.15) is 0 Å². The zero-order chi connectivity index (χ0) is 11.3. The Balaban J connectivity index is 2.81. The molecule has 0 nitrogen and oxygen atoms in total. The molecule has 1 heteroatoms. The summed E-state index contributed by atoms with van der Waals surface area (Å²) in [6, 6.07) is 10.4. The van der Waals surface area contributed by atoms with Crippen LogP contribution in [0, 0.1) is 11.5 Å². The maximum atomic E-state index is 3.34. The molecule has 1 rings (SSSR count). The first-order valence-corrected chi connectivity index (χ1v) is 8.74. The van der Waals surface area contributed by atoms with E-state index in [1.165, 1.54) is 11.1 Å². The Morgan fingerprint density at radius 2 is 1.73 bits per heavy atom. The lowest BCUT2D eigenvalue weighted by molar-refractivity contribution is 1.57. The Bertz CT molecular complexity index is 396. The van der Waals surface area contributed by atoms with Crippen molar-refractivity contribution in [3.63, 3.8) is 0 Å². The molecule has 0 amide bonds. The van der Waals surface area contributed by atoms with Crippen molar-refractivity contribution in [2.45, 2.75) is 26.6 Å². The molecular formula is C14H18Si. The Kier molecular flexibility index (Phi) is 3.93. The smallest absolute Gasteiger partial charge is 0.127 e. The second-order valence-corrected chi connectivity index (χ2v) is 9.46. The van der Waals surface area contributed by atoms with Crippen molar-refractivity contribution in [3.8, 4) is 11.5 Å². The van der Waals surface area contributed by atoms with Gasteiger partial charge in [-0.3, -0.25) is 0 Å². The van der Waals surface area contributed by atoms with Gasteiger partial charge in [-0.1, -0.05) is 55.9 Å². The normalized spacial score (nSPS) is 11.9. The van der Waals surface area contributed by atoms with Crippen LogP contribution >= 0.6 is 0 Å². The lowest BCUT2D eigenvalue weighted by atomic mass is 10.1. The molecule has 1 aromatic carbocycles. The number of allylic oxidation sites excluding steroid dienone is 2. The van der Waals surface area contributed by atoms with Crippen molar-refractivity contribution >= 4 is 13.6 Å². The van der Waals surface area contributed by atoms with Gasteiger partial charge >= 0.3 is 0 Å². The lowest BCUT2D eigenvalue weighted by Gasteiger charge is -2.02. The Morgan fingerprint density at radius 1 is 1.13 bits per heavy atom. The molecule has 0 spiro atoms. The van der Waals surface area contributed by atoms with Gasteiger partial charge in [-0.05, 0) is 24.1 Å². The molecule has 0 N–H and O–H groups in total. The first-order chi connectivity index (χ1) is 6.99. The van der Waals surface area contributed by atoms with Gasteiger partial charge in [0, 0.05) is 0 Å². The third-order valence-corrected chi connectivity index (χ3v) is 2.86. The van der Waals surface area contributed by atoms with Crippen LogP contribution in [0.15, 0.2) is 36.4 Å². The highest BCUT2D eigenvalue weighted by Gasteiger charge is 2.06. The molecule has 0 radical (unpaired) electrons. The highest BCUT2D eigenvalue weighted by molar-refractivity contribution is 6.83. The second-order valence-electron chi connectivity index (χ2n) is 4.71. The van der Waals surface area contributed by atoms with E-state index in [0.717, 1.165) is 0 Å². The van der Waals surface area contributed by atoms with Gasteiger partial charge in [0.05, 0.1) is 0 Å². The van der Waals surface area contributed by atoms with Gasteiger partial charge in [0.15, 0.2) is 0 Å². The van der Waals surface area contributed by atoms with Crippen LogP contribution in [-0.2, 0) is 0 Å². The van der Waals surface area contributed by atoms with E-state index >= 15 is 0 Å². The minimum Gasteiger partial charge on any atom is -0.127 e. The van der Waals surface area contributed by atoms with Gasteiger partial charge in [-0.15, -0.1) is 5.54 Å². The van der Waals surface area contributed by atoms with Crippen LogP contribution in [0.1, 0.15) is 12.5 Å². The Morgan fingerprint density at radius 3 is 2.27 bits per heavy atom. The van der Waals surface area contributed by atoms with E-state index < -0.39 is 8.07 Å². The number of benzene rings is 1. The second kappa shape index (κ2) is 5.00. The maximum absolute atomic E-state index is 3.34. The predicted molar refractivity (Wildman–Crippen MR) is 71.2 cm³/mol. The first-order valence-electron chi connectivity index (χ1n) is 5.24. The van der Waals surface area contributed by atoms with Crippen LogP contribution in [0.4, 0.5) is 0 Å². The molecular weight excluding hydrogens is 196 g/mol. The Hall–Kier alpha value is -1.26. The molecule has 0 aliphatic heterocycles. The van der Waals surface area contributed by atoms with E-state index in [2.05, 4.69) is 62.3 Å². The van der Waals surface area contributed by atoms with Crippen molar-refractivity contribution in [1.82, 2.24) is 0 Å². The summed E-state index contributed by atoms with van der Waals surface area (Å²) in [4.78, 5) is 0. The molecule has 0 aromatic heterocycles. The summed E-state index contributed by atoms with van der Waals surface area (Å²) in [6.07, 6.45) is 2.02. The number of rotatable bonds is 1. The molecule has 0 heterocycles. The van der Waals surface area contributed by atoms with E-state index in [-0.39, 0.29) is 0 Å². The zero-order valence-corrected chi connectivity index (χ0v) is 11.0. The van der Waals surface area contributed by atoms with Crippen molar-refractivity contribution in [1.29, 1.82) is 0 Å². The third kappa shape index (κ3) is 4.67. The van der Waals surface area contributed by atoms with Gasteiger partial charge < -0.3 is 0 Å². The van der Waals surface area contributed by atoms with Gasteiger partial charge in [0.2, 0.25) is 0 Å². The summed E-state index contributed by atoms with van der Waals surface area (Å²) in [5, 5.41) is 0. The van der Waals surface area contributed by atoms with Crippen LogP contribution in [0.3, 0.4) is 0 Å². The number of hydrogen-bond donors (Lipinski definition) is 0. The van der Waals surface area contributed by atoms with E-state index in [1.54, 1.807) is 0 Å². The fraction of sp³-hybridized carbons (Fsp3) is 0.286. The zero-order valence-electron chi connectivity index (χ0n) is 9.96. The molecule has 78 valence electrons. The minimum atomic E-state index is -1.23. The quantitative estimate of drug-likeness (QED) is 0.490. The molecule has 0 saturated heterocycles. The molecule has 0 saturated carbocycles. The summed E-state index contributed by atoms with van der Waals surface area (Å²) in [6.45, 7) is 8.87. The lowest BCUT2D eigenvalue weighted by Crippen LogP contribution is -2.16. The topological polar surface area (TPSA) is 0 Å². The molecule has 0 aliphatic rings. The molecule has 0 unspecified atom stereocenters. The number of hydrogen-bond acceptors (Lipinski definition) is 0. The molecule has 15 heavy (non-hydrogen) atoms. The van der Waals surface area contributed by atoms with Crippen LogP contribution in [0.25, 0.3) is 5.57 Å². The van der Waals surface area contributed by atoms with Crippen LogP contribution in [0.2, 0.25) is 19.6 Å². The summed E-state index contributed by atoms with van der Waals surface area (Å²) in [5.74, 6) is 3.17.